The van der Waals surface area contributed by atoms with Crippen LogP contribution in [-0.4, -0.2) is 55.5 Å². The van der Waals surface area contributed by atoms with Gasteiger partial charge in [0.2, 0.25) is 10.0 Å². The molecule has 0 bridgehead atoms. The Morgan fingerprint density at radius 3 is 2.28 bits per heavy atom. The standard InChI is InChI=1S/C12H25NO4S/c1-3-11(4-2)13(7-8-14)18(15,16)12-5-9-17-10-6-12/h11-12,14H,3-10H2,1-2H3. The molecule has 0 aliphatic carbocycles. The van der Waals surface area contributed by atoms with Crippen LogP contribution in [0.15, 0.2) is 0 Å². The summed E-state index contributed by atoms with van der Waals surface area (Å²) in [6.45, 7) is 5.07. The van der Waals surface area contributed by atoms with Crippen molar-refractivity contribution in [2.75, 3.05) is 26.4 Å². The van der Waals surface area contributed by atoms with E-state index in [1.54, 1.807) is 0 Å². The van der Waals surface area contributed by atoms with Crippen LogP contribution in [0.3, 0.4) is 0 Å². The van der Waals surface area contributed by atoms with Crippen molar-refractivity contribution >= 4 is 10.0 Å². The first-order valence-electron chi connectivity index (χ1n) is 6.77. The average Bonchev–Trinajstić information content (AvgIpc) is 2.40. The van der Waals surface area contributed by atoms with Crippen molar-refractivity contribution in [3.63, 3.8) is 0 Å². The van der Waals surface area contributed by atoms with E-state index in [9.17, 15) is 8.42 Å². The van der Waals surface area contributed by atoms with E-state index in [1.807, 2.05) is 13.8 Å². The molecular weight excluding hydrogens is 254 g/mol. The Labute approximate surface area is 110 Å². The third-order valence-electron chi connectivity index (χ3n) is 3.59. The summed E-state index contributed by atoms with van der Waals surface area (Å²) >= 11 is 0. The number of rotatable bonds is 7. The van der Waals surface area contributed by atoms with Crippen molar-refractivity contribution in [3.05, 3.63) is 0 Å². The van der Waals surface area contributed by atoms with Gasteiger partial charge in [0.25, 0.3) is 0 Å². The Hall–Kier alpha value is -0.170. The van der Waals surface area contributed by atoms with E-state index in [0.717, 1.165) is 12.8 Å². The van der Waals surface area contributed by atoms with Crippen molar-refractivity contribution < 1.29 is 18.3 Å². The molecule has 1 N–H and O–H groups in total. The second kappa shape index (κ2) is 7.43. The monoisotopic (exact) mass is 279 g/mol. The van der Waals surface area contributed by atoms with Crippen molar-refractivity contribution in [2.45, 2.75) is 50.8 Å². The molecule has 6 heteroatoms. The number of aliphatic hydroxyl groups is 1. The molecule has 0 spiro atoms. The fourth-order valence-corrected chi connectivity index (χ4v) is 4.70. The first kappa shape index (κ1) is 15.9. The normalized spacial score (nSPS) is 18.7. The SMILES string of the molecule is CCC(CC)N(CCO)S(=O)(=O)C1CCOCC1. The molecule has 0 amide bonds. The molecule has 0 saturated carbocycles. The van der Waals surface area contributed by atoms with Gasteiger partial charge < -0.3 is 9.84 Å². The molecular formula is C12H25NO4S. The molecule has 0 radical (unpaired) electrons. The summed E-state index contributed by atoms with van der Waals surface area (Å²) in [7, 11) is -3.32. The first-order chi connectivity index (χ1) is 8.57. The van der Waals surface area contributed by atoms with E-state index in [0.29, 0.717) is 26.1 Å². The van der Waals surface area contributed by atoms with E-state index in [1.165, 1.54) is 4.31 Å². The summed E-state index contributed by atoms with van der Waals surface area (Å²) in [5, 5.41) is 8.76. The summed E-state index contributed by atoms with van der Waals surface area (Å²) in [4.78, 5) is 0. The number of nitrogens with zero attached hydrogens (tertiary/aromatic N) is 1. The zero-order valence-corrected chi connectivity index (χ0v) is 12.2. The van der Waals surface area contributed by atoms with Crippen LogP contribution in [0.5, 0.6) is 0 Å². The molecule has 1 aliphatic heterocycles. The molecule has 1 saturated heterocycles. The van der Waals surface area contributed by atoms with Gasteiger partial charge in [-0.05, 0) is 25.7 Å². The Morgan fingerprint density at radius 2 is 1.83 bits per heavy atom. The van der Waals surface area contributed by atoms with Gasteiger partial charge in [0.05, 0.1) is 11.9 Å². The summed E-state index contributed by atoms with van der Waals surface area (Å²) in [5.41, 5.74) is 0. The van der Waals surface area contributed by atoms with Crippen LogP contribution in [0.4, 0.5) is 0 Å². The number of hydrogen-bond acceptors (Lipinski definition) is 4. The molecule has 1 heterocycles. The summed E-state index contributed by atoms with van der Waals surface area (Å²) < 4.78 is 31.9. The van der Waals surface area contributed by atoms with Crippen LogP contribution in [0.25, 0.3) is 0 Å². The zero-order valence-electron chi connectivity index (χ0n) is 11.3. The molecule has 0 aromatic carbocycles. The molecule has 18 heavy (non-hydrogen) atoms. The quantitative estimate of drug-likeness (QED) is 0.754. The second-order valence-electron chi connectivity index (χ2n) is 4.66. The lowest BCUT2D eigenvalue weighted by Gasteiger charge is -2.34. The minimum Gasteiger partial charge on any atom is -0.395 e. The van der Waals surface area contributed by atoms with Crippen LogP contribution in [-0.2, 0) is 14.8 Å². The first-order valence-corrected chi connectivity index (χ1v) is 8.27. The highest BCUT2D eigenvalue weighted by molar-refractivity contribution is 7.89. The van der Waals surface area contributed by atoms with Gasteiger partial charge in [-0.15, -0.1) is 0 Å². The van der Waals surface area contributed by atoms with E-state index in [4.69, 9.17) is 9.84 Å². The highest BCUT2D eigenvalue weighted by Gasteiger charge is 2.35. The van der Waals surface area contributed by atoms with Crippen LogP contribution in [0.2, 0.25) is 0 Å². The van der Waals surface area contributed by atoms with Crippen molar-refractivity contribution in [2.24, 2.45) is 0 Å². The summed E-state index contributed by atoms with van der Waals surface area (Å²) in [6, 6.07) is -0.00926. The molecule has 5 nitrogen and oxygen atoms in total. The van der Waals surface area contributed by atoms with Gasteiger partial charge >= 0.3 is 0 Å². The topological polar surface area (TPSA) is 66.8 Å². The molecule has 0 aromatic heterocycles. The van der Waals surface area contributed by atoms with Gasteiger partial charge in [0.15, 0.2) is 0 Å². The Kier molecular flexibility index (Phi) is 6.55. The van der Waals surface area contributed by atoms with E-state index >= 15 is 0 Å². The van der Waals surface area contributed by atoms with Crippen LogP contribution < -0.4 is 0 Å². The number of aliphatic hydroxyl groups excluding tert-OH is 1. The lowest BCUT2D eigenvalue weighted by molar-refractivity contribution is 0.0963. The summed E-state index contributed by atoms with van der Waals surface area (Å²) in [6.07, 6.45) is 2.67. The largest absolute Gasteiger partial charge is 0.395 e. The lowest BCUT2D eigenvalue weighted by Crippen LogP contribution is -2.47. The van der Waals surface area contributed by atoms with E-state index < -0.39 is 10.0 Å². The minimum absolute atomic E-state index is 0.00926. The van der Waals surface area contributed by atoms with Crippen LogP contribution in [0, 0.1) is 0 Å². The maximum atomic E-state index is 12.6. The highest BCUT2D eigenvalue weighted by atomic mass is 32.2. The van der Waals surface area contributed by atoms with E-state index in [2.05, 4.69) is 0 Å². The third-order valence-corrected chi connectivity index (χ3v) is 6.03. The zero-order chi connectivity index (χ0) is 13.6. The number of hydrogen-bond donors (Lipinski definition) is 1. The number of ether oxygens (including phenoxy) is 1. The summed E-state index contributed by atoms with van der Waals surface area (Å²) in [5.74, 6) is 0. The van der Waals surface area contributed by atoms with Gasteiger partial charge in [0.1, 0.15) is 0 Å². The maximum absolute atomic E-state index is 12.6. The van der Waals surface area contributed by atoms with Gasteiger partial charge in [-0.25, -0.2) is 8.42 Å². The highest BCUT2D eigenvalue weighted by Crippen LogP contribution is 2.23. The molecule has 0 aromatic rings. The predicted molar refractivity (Wildman–Crippen MR) is 70.9 cm³/mol. The fourth-order valence-electron chi connectivity index (χ4n) is 2.48. The van der Waals surface area contributed by atoms with Crippen LogP contribution in [0.1, 0.15) is 39.5 Å². The lowest BCUT2D eigenvalue weighted by atomic mass is 10.2. The Balaban J connectivity index is 2.87. The second-order valence-corrected chi connectivity index (χ2v) is 6.83. The van der Waals surface area contributed by atoms with Gasteiger partial charge in [-0.1, -0.05) is 13.8 Å². The molecule has 1 rings (SSSR count). The van der Waals surface area contributed by atoms with E-state index in [-0.39, 0.29) is 24.4 Å². The fraction of sp³-hybridized carbons (Fsp3) is 1.00. The van der Waals surface area contributed by atoms with Crippen molar-refractivity contribution in [1.82, 2.24) is 4.31 Å². The third kappa shape index (κ3) is 3.66. The predicted octanol–water partition coefficient (Wildman–Crippen LogP) is 0.978. The molecule has 1 aliphatic rings. The van der Waals surface area contributed by atoms with Crippen molar-refractivity contribution in [3.8, 4) is 0 Å². The minimum atomic E-state index is -3.32. The molecule has 108 valence electrons. The average molecular weight is 279 g/mol. The van der Waals surface area contributed by atoms with Gasteiger partial charge in [0, 0.05) is 25.8 Å². The number of sulfonamides is 1. The Morgan fingerprint density at radius 1 is 1.28 bits per heavy atom. The molecule has 1 fully saturated rings. The maximum Gasteiger partial charge on any atom is 0.217 e. The van der Waals surface area contributed by atoms with Crippen LogP contribution >= 0.6 is 0 Å². The Bertz CT molecular complexity index is 321. The smallest absolute Gasteiger partial charge is 0.217 e. The van der Waals surface area contributed by atoms with Gasteiger partial charge in [-0.3, -0.25) is 0 Å². The molecule has 0 atom stereocenters. The van der Waals surface area contributed by atoms with Crippen molar-refractivity contribution in [1.29, 1.82) is 0 Å². The van der Waals surface area contributed by atoms with Gasteiger partial charge in [-0.2, -0.15) is 4.31 Å². The molecule has 0 unspecified atom stereocenters.